The molecule has 0 bridgehead atoms. The molecule has 2 amide bonds. The third-order valence-electron chi connectivity index (χ3n) is 7.24. The average molecular weight is 534 g/mol. The van der Waals surface area contributed by atoms with Crippen LogP contribution in [0.3, 0.4) is 0 Å². The third-order valence-corrected chi connectivity index (χ3v) is 7.24. The molecule has 1 aliphatic heterocycles. The van der Waals surface area contributed by atoms with Gasteiger partial charge in [0, 0.05) is 43.3 Å². The number of hydrogen-bond donors (Lipinski definition) is 2. The fourth-order valence-corrected chi connectivity index (χ4v) is 5.10. The molecule has 11 heteroatoms. The zero-order valence-electron chi connectivity index (χ0n) is 22.6. The van der Waals surface area contributed by atoms with Crippen LogP contribution in [0.2, 0.25) is 0 Å². The predicted molar refractivity (Wildman–Crippen MR) is 146 cm³/mol. The number of amides is 2. The number of imidazole rings is 1. The first-order chi connectivity index (χ1) is 18.6. The van der Waals surface area contributed by atoms with Crippen molar-refractivity contribution in [3.05, 3.63) is 71.3 Å². The number of benzene rings is 1. The lowest BCUT2D eigenvalue weighted by Crippen LogP contribution is -2.50. The van der Waals surface area contributed by atoms with Gasteiger partial charge in [0.25, 0.3) is 0 Å². The van der Waals surface area contributed by atoms with Gasteiger partial charge in [-0.25, -0.2) is 19.4 Å². The molecule has 1 aromatic carbocycles. The van der Waals surface area contributed by atoms with E-state index in [1.807, 2.05) is 32.9 Å². The molecule has 1 saturated heterocycles. The number of carbonyl (C=O) groups is 2. The number of nitrogens with zero attached hydrogens (tertiary/aromatic N) is 5. The van der Waals surface area contributed by atoms with E-state index in [-0.39, 0.29) is 23.5 Å². The minimum absolute atomic E-state index is 0.142. The van der Waals surface area contributed by atoms with E-state index in [2.05, 4.69) is 37.6 Å². The minimum atomic E-state index is -0.495. The van der Waals surface area contributed by atoms with Gasteiger partial charge in [0.15, 0.2) is 0 Å². The van der Waals surface area contributed by atoms with Crippen molar-refractivity contribution >= 4 is 17.9 Å². The van der Waals surface area contributed by atoms with Crippen LogP contribution in [0.15, 0.2) is 60.0 Å². The molecule has 3 aromatic rings. The summed E-state index contributed by atoms with van der Waals surface area (Å²) >= 11 is 0. The topological polar surface area (TPSA) is 123 Å². The molecular formula is C28H35N7O4. The Morgan fingerprint density at radius 1 is 1.08 bits per heavy atom. The lowest BCUT2D eigenvalue weighted by molar-refractivity contribution is 0.0462. The van der Waals surface area contributed by atoms with Crippen LogP contribution < -0.4 is 16.3 Å². The summed E-state index contributed by atoms with van der Waals surface area (Å²) in [7, 11) is 0. The van der Waals surface area contributed by atoms with Crippen molar-refractivity contribution in [2.45, 2.75) is 70.1 Å². The van der Waals surface area contributed by atoms with E-state index in [4.69, 9.17) is 4.74 Å². The monoisotopic (exact) mass is 533 g/mol. The number of anilines is 1. The second-order valence-corrected chi connectivity index (χ2v) is 11.3. The van der Waals surface area contributed by atoms with Gasteiger partial charge in [-0.05, 0) is 76.6 Å². The molecule has 2 aromatic heterocycles. The van der Waals surface area contributed by atoms with Crippen LogP contribution in [0, 0.1) is 0 Å². The third kappa shape index (κ3) is 6.54. The fourth-order valence-electron chi connectivity index (χ4n) is 5.10. The maximum atomic E-state index is 12.6. The smallest absolute Gasteiger partial charge is 0.407 e. The van der Waals surface area contributed by atoms with Gasteiger partial charge < -0.3 is 10.1 Å². The van der Waals surface area contributed by atoms with Crippen molar-refractivity contribution in [3.63, 3.8) is 0 Å². The molecule has 0 atom stereocenters. The first kappa shape index (κ1) is 26.6. The number of ether oxygens (including phenoxy) is 1. The second kappa shape index (κ2) is 10.6. The standard InChI is InChI=1S/C28H35N7O4/c1-27(2,3)39-26(38)30-21-8-14-34(15-9-21)28(11-12-28)18-20-4-6-22(7-5-20)35-16-10-23(32-25(35)37)31-24(36)33-17-13-29-19-33/h4-7,10,13,16-17,19,21H,8-9,11-12,14-15,18H2,1-3H3,(H,30,38)(H,31,32,36,37). The first-order valence-electron chi connectivity index (χ1n) is 13.3. The first-order valence-corrected chi connectivity index (χ1v) is 13.3. The molecule has 0 radical (unpaired) electrons. The molecule has 3 heterocycles. The van der Waals surface area contributed by atoms with Gasteiger partial charge in [-0.1, -0.05) is 12.1 Å². The number of rotatable bonds is 6. The van der Waals surface area contributed by atoms with Gasteiger partial charge in [0.05, 0.1) is 5.69 Å². The minimum Gasteiger partial charge on any atom is -0.444 e. The molecule has 1 aliphatic carbocycles. The van der Waals surface area contributed by atoms with Gasteiger partial charge >= 0.3 is 17.8 Å². The van der Waals surface area contributed by atoms with E-state index in [9.17, 15) is 14.4 Å². The van der Waals surface area contributed by atoms with E-state index in [1.165, 1.54) is 33.4 Å². The van der Waals surface area contributed by atoms with Crippen LogP contribution in [0.1, 0.15) is 52.0 Å². The summed E-state index contributed by atoms with van der Waals surface area (Å²) in [6.45, 7) is 7.51. The Kier molecular flexibility index (Phi) is 7.26. The zero-order chi connectivity index (χ0) is 27.6. The number of carbonyl (C=O) groups excluding carboxylic acids is 2. The Morgan fingerprint density at radius 3 is 2.38 bits per heavy atom. The highest BCUT2D eigenvalue weighted by atomic mass is 16.6. The molecular weight excluding hydrogens is 498 g/mol. The molecule has 206 valence electrons. The summed E-state index contributed by atoms with van der Waals surface area (Å²) in [4.78, 5) is 47.3. The molecule has 2 fully saturated rings. The van der Waals surface area contributed by atoms with Crippen LogP contribution in [0.5, 0.6) is 0 Å². The molecule has 1 saturated carbocycles. The summed E-state index contributed by atoms with van der Waals surface area (Å²) in [5, 5.41) is 5.60. The molecule has 0 spiro atoms. The second-order valence-electron chi connectivity index (χ2n) is 11.3. The van der Waals surface area contributed by atoms with E-state index >= 15 is 0 Å². The molecule has 11 nitrogen and oxygen atoms in total. The number of piperidine rings is 1. The van der Waals surface area contributed by atoms with E-state index in [0.717, 1.165) is 45.2 Å². The van der Waals surface area contributed by atoms with Crippen molar-refractivity contribution < 1.29 is 14.3 Å². The van der Waals surface area contributed by atoms with Crippen LogP contribution in [-0.2, 0) is 11.2 Å². The van der Waals surface area contributed by atoms with Crippen LogP contribution in [-0.4, -0.2) is 66.4 Å². The average Bonchev–Trinajstić information content (AvgIpc) is 3.43. The number of alkyl carbamates (subject to hydrolysis) is 1. The predicted octanol–water partition coefficient (Wildman–Crippen LogP) is 3.57. The molecule has 5 rings (SSSR count). The van der Waals surface area contributed by atoms with Gasteiger partial charge in [-0.3, -0.25) is 19.4 Å². The Hall–Kier alpha value is -3.99. The van der Waals surface area contributed by atoms with Gasteiger partial charge in [0.1, 0.15) is 17.7 Å². The summed E-state index contributed by atoms with van der Waals surface area (Å²) in [5.41, 5.74) is 1.13. The highest BCUT2D eigenvalue weighted by Gasteiger charge is 2.48. The Morgan fingerprint density at radius 2 is 1.79 bits per heavy atom. The maximum Gasteiger partial charge on any atom is 0.407 e. The van der Waals surface area contributed by atoms with Crippen molar-refractivity contribution in [2.24, 2.45) is 0 Å². The summed E-state index contributed by atoms with van der Waals surface area (Å²) < 4.78 is 8.12. The van der Waals surface area contributed by atoms with Crippen LogP contribution in [0.25, 0.3) is 5.69 Å². The maximum absolute atomic E-state index is 12.6. The SMILES string of the molecule is CC(C)(C)OC(=O)NC1CCN(C2(Cc3ccc(-n4ccc(NC(=O)n5ccnc5)nc4=O)cc3)CC2)CC1. The van der Waals surface area contributed by atoms with E-state index in [1.54, 1.807) is 12.3 Å². The quantitative estimate of drug-likeness (QED) is 0.496. The van der Waals surface area contributed by atoms with Crippen molar-refractivity contribution in [2.75, 3.05) is 18.4 Å². The zero-order valence-corrected chi connectivity index (χ0v) is 22.6. The van der Waals surface area contributed by atoms with Crippen LogP contribution in [0.4, 0.5) is 15.4 Å². The summed E-state index contributed by atoms with van der Waals surface area (Å²) in [6, 6.07) is 9.26. The number of hydrogen-bond acceptors (Lipinski definition) is 7. The van der Waals surface area contributed by atoms with Crippen molar-refractivity contribution in [1.29, 1.82) is 0 Å². The lowest BCUT2D eigenvalue weighted by Gasteiger charge is -2.38. The highest BCUT2D eigenvalue weighted by Crippen LogP contribution is 2.45. The number of likely N-dealkylation sites (tertiary alicyclic amines) is 1. The molecule has 39 heavy (non-hydrogen) atoms. The lowest BCUT2D eigenvalue weighted by atomic mass is 9.97. The van der Waals surface area contributed by atoms with E-state index in [0.29, 0.717) is 5.69 Å². The summed E-state index contributed by atoms with van der Waals surface area (Å²) in [5.74, 6) is 0.173. The highest BCUT2D eigenvalue weighted by molar-refractivity contribution is 5.89. The summed E-state index contributed by atoms with van der Waals surface area (Å²) in [6.07, 6.45) is 10.7. The molecule has 2 N–H and O–H groups in total. The Bertz CT molecular complexity index is 1360. The van der Waals surface area contributed by atoms with Gasteiger partial charge in [0.2, 0.25) is 0 Å². The van der Waals surface area contributed by atoms with Crippen molar-refractivity contribution in [3.8, 4) is 5.69 Å². The van der Waals surface area contributed by atoms with E-state index < -0.39 is 17.3 Å². The fraction of sp³-hybridized carbons (Fsp3) is 0.464. The Balaban J connectivity index is 1.16. The number of nitrogens with one attached hydrogen (secondary N) is 2. The van der Waals surface area contributed by atoms with Crippen molar-refractivity contribution in [1.82, 2.24) is 29.3 Å². The molecule has 0 unspecified atom stereocenters. The van der Waals surface area contributed by atoms with Crippen LogP contribution >= 0.6 is 0 Å². The normalized spacial score (nSPS) is 17.4. The molecule has 2 aliphatic rings. The van der Waals surface area contributed by atoms with Gasteiger partial charge in [-0.15, -0.1) is 0 Å². The Labute approximate surface area is 227 Å². The largest absolute Gasteiger partial charge is 0.444 e. The van der Waals surface area contributed by atoms with Gasteiger partial charge in [-0.2, -0.15) is 4.98 Å². The number of aromatic nitrogens is 4.